The second-order valence-electron chi connectivity index (χ2n) is 5.45. The standard InChI is InChI=1S/C14H19BrN2O/c15-11-2-3-13(10(5-11)6-16)17-7-9-1-4-14(18)12(9)8-17/h2-3,5,9,12,14,18H,1,4,6-8,16H2. The van der Waals surface area contributed by atoms with Crippen molar-refractivity contribution in [1.29, 1.82) is 0 Å². The van der Waals surface area contributed by atoms with Gasteiger partial charge in [0.25, 0.3) is 0 Å². The minimum absolute atomic E-state index is 0.100. The lowest BCUT2D eigenvalue weighted by atomic mass is 10.00. The normalized spacial score (nSPS) is 30.8. The first-order chi connectivity index (χ1) is 8.69. The molecule has 3 unspecified atom stereocenters. The molecule has 1 saturated carbocycles. The van der Waals surface area contributed by atoms with Gasteiger partial charge < -0.3 is 15.7 Å². The Kier molecular flexibility index (Phi) is 3.34. The number of nitrogens with two attached hydrogens (primary N) is 1. The van der Waals surface area contributed by atoms with Crippen LogP contribution in [0.25, 0.3) is 0 Å². The molecule has 0 amide bonds. The minimum Gasteiger partial charge on any atom is -0.393 e. The van der Waals surface area contributed by atoms with Gasteiger partial charge in [0.1, 0.15) is 0 Å². The Morgan fingerprint density at radius 3 is 2.89 bits per heavy atom. The van der Waals surface area contributed by atoms with Crippen LogP contribution in [0.2, 0.25) is 0 Å². The van der Waals surface area contributed by atoms with Gasteiger partial charge in [0.2, 0.25) is 0 Å². The summed E-state index contributed by atoms with van der Waals surface area (Å²) in [5.74, 6) is 1.12. The molecular formula is C14H19BrN2O. The molecule has 0 radical (unpaired) electrons. The molecule has 1 aliphatic carbocycles. The largest absolute Gasteiger partial charge is 0.393 e. The first-order valence-electron chi connectivity index (χ1n) is 6.60. The molecule has 4 heteroatoms. The van der Waals surface area contributed by atoms with E-state index in [0.29, 0.717) is 18.4 Å². The smallest absolute Gasteiger partial charge is 0.0588 e. The molecule has 0 bridgehead atoms. The number of halogens is 1. The van der Waals surface area contributed by atoms with Crippen molar-refractivity contribution in [3.63, 3.8) is 0 Å². The van der Waals surface area contributed by atoms with Gasteiger partial charge in [0.15, 0.2) is 0 Å². The van der Waals surface area contributed by atoms with Crippen molar-refractivity contribution in [2.45, 2.75) is 25.5 Å². The number of benzene rings is 1. The van der Waals surface area contributed by atoms with Gasteiger partial charge in [0, 0.05) is 35.7 Å². The zero-order chi connectivity index (χ0) is 12.7. The van der Waals surface area contributed by atoms with E-state index in [1.54, 1.807) is 0 Å². The van der Waals surface area contributed by atoms with E-state index in [1.165, 1.54) is 11.3 Å². The van der Waals surface area contributed by atoms with Crippen molar-refractivity contribution in [2.75, 3.05) is 18.0 Å². The van der Waals surface area contributed by atoms with Crippen molar-refractivity contribution in [3.05, 3.63) is 28.2 Å². The first-order valence-corrected chi connectivity index (χ1v) is 7.40. The average molecular weight is 311 g/mol. The van der Waals surface area contributed by atoms with Gasteiger partial charge in [-0.1, -0.05) is 15.9 Å². The van der Waals surface area contributed by atoms with Gasteiger partial charge in [-0.05, 0) is 42.5 Å². The second-order valence-corrected chi connectivity index (χ2v) is 6.37. The van der Waals surface area contributed by atoms with Crippen molar-refractivity contribution in [3.8, 4) is 0 Å². The third kappa shape index (κ3) is 2.06. The van der Waals surface area contributed by atoms with E-state index in [1.807, 2.05) is 0 Å². The average Bonchev–Trinajstić information content (AvgIpc) is 2.92. The Morgan fingerprint density at radius 1 is 1.33 bits per heavy atom. The number of aliphatic hydroxyl groups excluding tert-OH is 1. The van der Waals surface area contributed by atoms with Crippen LogP contribution in [0.5, 0.6) is 0 Å². The topological polar surface area (TPSA) is 49.5 Å². The molecule has 0 aromatic heterocycles. The summed E-state index contributed by atoms with van der Waals surface area (Å²) in [5.41, 5.74) is 8.25. The summed E-state index contributed by atoms with van der Waals surface area (Å²) in [4.78, 5) is 2.40. The summed E-state index contributed by atoms with van der Waals surface area (Å²) < 4.78 is 1.08. The SMILES string of the molecule is NCc1cc(Br)ccc1N1CC2CCC(O)C2C1. The zero-order valence-corrected chi connectivity index (χ0v) is 11.9. The molecule has 1 heterocycles. The highest BCUT2D eigenvalue weighted by atomic mass is 79.9. The summed E-state index contributed by atoms with van der Waals surface area (Å²) in [7, 11) is 0. The van der Waals surface area contributed by atoms with Gasteiger partial charge in [0.05, 0.1) is 6.10 Å². The summed E-state index contributed by atoms with van der Waals surface area (Å²) in [6, 6.07) is 6.30. The molecule has 3 nitrogen and oxygen atoms in total. The quantitative estimate of drug-likeness (QED) is 0.879. The molecular weight excluding hydrogens is 292 g/mol. The van der Waals surface area contributed by atoms with Crippen LogP contribution < -0.4 is 10.6 Å². The minimum atomic E-state index is -0.100. The number of anilines is 1. The number of hydrogen-bond donors (Lipinski definition) is 2. The molecule has 2 aliphatic rings. The number of nitrogens with zero attached hydrogens (tertiary/aromatic N) is 1. The van der Waals surface area contributed by atoms with Crippen LogP contribution in [0.3, 0.4) is 0 Å². The summed E-state index contributed by atoms with van der Waals surface area (Å²) >= 11 is 3.49. The van der Waals surface area contributed by atoms with Crippen LogP contribution in [0.4, 0.5) is 5.69 Å². The van der Waals surface area contributed by atoms with Crippen LogP contribution in [0.15, 0.2) is 22.7 Å². The second kappa shape index (κ2) is 4.83. The third-order valence-corrected chi connectivity index (χ3v) is 4.91. The summed E-state index contributed by atoms with van der Waals surface area (Å²) in [6.07, 6.45) is 2.04. The van der Waals surface area contributed by atoms with E-state index < -0.39 is 0 Å². The van der Waals surface area contributed by atoms with Crippen LogP contribution in [0, 0.1) is 11.8 Å². The number of rotatable bonds is 2. The molecule has 18 heavy (non-hydrogen) atoms. The lowest BCUT2D eigenvalue weighted by Gasteiger charge is -2.23. The molecule has 1 aromatic carbocycles. The van der Waals surface area contributed by atoms with Crippen molar-refractivity contribution in [1.82, 2.24) is 0 Å². The molecule has 3 N–H and O–H groups in total. The van der Waals surface area contributed by atoms with E-state index in [2.05, 4.69) is 39.0 Å². The Hall–Kier alpha value is -0.580. The maximum atomic E-state index is 9.98. The van der Waals surface area contributed by atoms with E-state index in [4.69, 9.17) is 5.73 Å². The molecule has 1 aromatic rings. The van der Waals surface area contributed by atoms with E-state index in [0.717, 1.165) is 30.4 Å². The van der Waals surface area contributed by atoms with E-state index in [-0.39, 0.29) is 6.10 Å². The molecule has 3 atom stereocenters. The maximum Gasteiger partial charge on any atom is 0.0588 e. The highest BCUT2D eigenvalue weighted by Crippen LogP contribution is 2.40. The first kappa shape index (κ1) is 12.5. The Morgan fingerprint density at radius 2 is 2.17 bits per heavy atom. The lowest BCUT2D eigenvalue weighted by molar-refractivity contribution is 0.133. The van der Waals surface area contributed by atoms with E-state index in [9.17, 15) is 5.11 Å². The fourth-order valence-electron chi connectivity index (χ4n) is 3.46. The maximum absolute atomic E-state index is 9.98. The predicted octanol–water partition coefficient (Wildman–Crippen LogP) is 2.11. The van der Waals surface area contributed by atoms with Gasteiger partial charge in [-0.15, -0.1) is 0 Å². The predicted molar refractivity (Wildman–Crippen MR) is 76.5 cm³/mol. The zero-order valence-electron chi connectivity index (χ0n) is 10.3. The van der Waals surface area contributed by atoms with Crippen LogP contribution in [-0.4, -0.2) is 24.3 Å². The third-order valence-electron chi connectivity index (χ3n) is 4.42. The summed E-state index contributed by atoms with van der Waals surface area (Å²) in [5, 5.41) is 9.98. The Labute approximate surface area is 116 Å². The molecule has 1 saturated heterocycles. The Balaban J connectivity index is 1.84. The molecule has 3 rings (SSSR count). The van der Waals surface area contributed by atoms with Crippen LogP contribution in [0.1, 0.15) is 18.4 Å². The highest BCUT2D eigenvalue weighted by Gasteiger charge is 2.42. The van der Waals surface area contributed by atoms with Crippen molar-refractivity contribution < 1.29 is 5.11 Å². The monoisotopic (exact) mass is 310 g/mol. The molecule has 98 valence electrons. The summed E-state index contributed by atoms with van der Waals surface area (Å²) in [6.45, 7) is 2.60. The molecule has 0 spiro atoms. The van der Waals surface area contributed by atoms with Crippen molar-refractivity contribution >= 4 is 21.6 Å². The molecule has 1 aliphatic heterocycles. The van der Waals surface area contributed by atoms with Gasteiger partial charge >= 0.3 is 0 Å². The van der Waals surface area contributed by atoms with Gasteiger partial charge in [-0.3, -0.25) is 0 Å². The highest BCUT2D eigenvalue weighted by molar-refractivity contribution is 9.10. The molecule has 2 fully saturated rings. The van der Waals surface area contributed by atoms with Crippen LogP contribution >= 0.6 is 15.9 Å². The Bertz CT molecular complexity index is 451. The lowest BCUT2D eigenvalue weighted by Crippen LogP contribution is -2.25. The van der Waals surface area contributed by atoms with Crippen LogP contribution in [-0.2, 0) is 6.54 Å². The van der Waals surface area contributed by atoms with E-state index >= 15 is 0 Å². The van der Waals surface area contributed by atoms with Crippen molar-refractivity contribution in [2.24, 2.45) is 17.6 Å². The number of fused-ring (bicyclic) bond motifs is 1. The van der Waals surface area contributed by atoms with Gasteiger partial charge in [-0.2, -0.15) is 0 Å². The fraction of sp³-hybridized carbons (Fsp3) is 0.571. The number of hydrogen-bond acceptors (Lipinski definition) is 3. The number of aliphatic hydroxyl groups is 1. The fourth-order valence-corrected chi connectivity index (χ4v) is 3.87. The van der Waals surface area contributed by atoms with Gasteiger partial charge in [-0.25, -0.2) is 0 Å².